The van der Waals surface area contributed by atoms with Gasteiger partial charge in [0.2, 0.25) is 5.91 Å². The van der Waals surface area contributed by atoms with Gasteiger partial charge in [0.1, 0.15) is 17.5 Å². The van der Waals surface area contributed by atoms with Crippen molar-refractivity contribution in [1.29, 1.82) is 0 Å². The predicted octanol–water partition coefficient (Wildman–Crippen LogP) is 1.74. The van der Waals surface area contributed by atoms with Crippen molar-refractivity contribution in [2.45, 2.75) is 39.3 Å². The number of nitrogens with zero attached hydrogens (tertiary/aromatic N) is 2. The monoisotopic (exact) mass is 291 g/mol. The van der Waals surface area contributed by atoms with E-state index in [0.29, 0.717) is 24.5 Å². The fourth-order valence-electron chi connectivity index (χ4n) is 2.62. The molecule has 0 bridgehead atoms. The van der Waals surface area contributed by atoms with Crippen LogP contribution < -0.4 is 5.32 Å². The molecule has 0 saturated carbocycles. The number of aromatic nitrogens is 1. The van der Waals surface area contributed by atoms with Crippen LogP contribution in [0.5, 0.6) is 0 Å². The van der Waals surface area contributed by atoms with Crippen LogP contribution in [0.3, 0.4) is 0 Å². The molecule has 1 N–H and O–H groups in total. The number of nitrogens with one attached hydrogen (secondary N) is 1. The molecule has 114 valence electrons. The number of rotatable bonds is 3. The number of esters is 1. The van der Waals surface area contributed by atoms with Crippen molar-refractivity contribution in [2.24, 2.45) is 0 Å². The third-order valence-corrected chi connectivity index (χ3v) is 3.38. The topological polar surface area (TPSA) is 71.5 Å². The molecule has 0 radical (unpaired) electrons. The predicted molar refractivity (Wildman–Crippen MR) is 78.7 cm³/mol. The first-order valence-corrected chi connectivity index (χ1v) is 7.03. The number of morpholine rings is 1. The second-order valence-electron chi connectivity index (χ2n) is 5.77. The zero-order chi connectivity index (χ0) is 15.6. The highest BCUT2D eigenvalue weighted by Gasteiger charge is 2.41. The van der Waals surface area contributed by atoms with Gasteiger partial charge < -0.3 is 10.1 Å². The Balaban J connectivity index is 2.40. The summed E-state index contributed by atoms with van der Waals surface area (Å²) in [5.41, 5.74) is 0.148. The lowest BCUT2D eigenvalue weighted by molar-refractivity contribution is -0.178. The Labute approximate surface area is 124 Å². The second kappa shape index (κ2) is 5.81. The number of pyridine rings is 1. The van der Waals surface area contributed by atoms with Crippen LogP contribution in [0.25, 0.3) is 0 Å². The van der Waals surface area contributed by atoms with Gasteiger partial charge in [-0.25, -0.2) is 9.78 Å². The van der Waals surface area contributed by atoms with Gasteiger partial charge in [0.15, 0.2) is 0 Å². The number of carbonyl (C=O) groups is 2. The molecule has 2 heterocycles. The van der Waals surface area contributed by atoms with Gasteiger partial charge in [-0.1, -0.05) is 13.0 Å². The summed E-state index contributed by atoms with van der Waals surface area (Å²) in [6, 6.07) is 3.01. The molecule has 6 heteroatoms. The maximum Gasteiger partial charge on any atom is 0.328 e. The molecule has 2 rings (SSSR count). The van der Waals surface area contributed by atoms with Crippen molar-refractivity contribution in [2.75, 3.05) is 18.4 Å². The van der Waals surface area contributed by atoms with Crippen LogP contribution in [-0.4, -0.2) is 40.5 Å². The first kappa shape index (κ1) is 15.4. The van der Waals surface area contributed by atoms with Crippen LogP contribution in [-0.2, 0) is 14.3 Å². The summed E-state index contributed by atoms with van der Waals surface area (Å²) in [6.45, 7) is 8.53. The summed E-state index contributed by atoms with van der Waals surface area (Å²) in [5, 5.41) is 2.67. The van der Waals surface area contributed by atoms with Gasteiger partial charge in [-0.05, 0) is 26.5 Å². The lowest BCUT2D eigenvalue weighted by Crippen LogP contribution is -2.52. The molecule has 1 aliphatic rings. The highest BCUT2D eigenvalue weighted by atomic mass is 16.6. The first-order valence-electron chi connectivity index (χ1n) is 7.03. The normalized spacial score (nSPS) is 21.7. The van der Waals surface area contributed by atoms with E-state index in [-0.39, 0.29) is 11.9 Å². The van der Waals surface area contributed by atoms with Crippen LogP contribution in [0.2, 0.25) is 0 Å². The number of amides is 1. The Bertz CT molecular complexity index is 557. The zero-order valence-electron chi connectivity index (χ0n) is 12.8. The molecule has 0 aromatic carbocycles. The molecule has 21 heavy (non-hydrogen) atoms. The molecular formula is C15H21N3O3. The van der Waals surface area contributed by atoms with E-state index in [1.807, 2.05) is 25.7 Å². The van der Waals surface area contributed by atoms with Crippen molar-refractivity contribution >= 4 is 17.7 Å². The fraction of sp³-hybridized carbons (Fsp3) is 0.533. The molecule has 1 unspecified atom stereocenters. The minimum absolute atomic E-state index is 0.220. The summed E-state index contributed by atoms with van der Waals surface area (Å²) in [6.07, 6.45) is 1.59. The molecule has 1 fully saturated rings. The van der Waals surface area contributed by atoms with Crippen molar-refractivity contribution in [3.63, 3.8) is 0 Å². The van der Waals surface area contributed by atoms with Gasteiger partial charge in [0, 0.05) is 25.2 Å². The van der Waals surface area contributed by atoms with E-state index in [0.717, 1.165) is 0 Å². The average Bonchev–Trinajstić information content (AvgIpc) is 2.37. The van der Waals surface area contributed by atoms with Crippen LogP contribution >= 0.6 is 0 Å². The number of cyclic esters (lactones) is 1. The lowest BCUT2D eigenvalue weighted by atomic mass is 9.99. The van der Waals surface area contributed by atoms with Gasteiger partial charge in [-0.15, -0.1) is 0 Å². The van der Waals surface area contributed by atoms with E-state index in [1.54, 1.807) is 18.3 Å². The number of carbonyl (C=O) groups excluding carboxylic acids is 2. The Hall–Kier alpha value is -1.95. The van der Waals surface area contributed by atoms with Gasteiger partial charge in [-0.2, -0.15) is 0 Å². The van der Waals surface area contributed by atoms with E-state index in [4.69, 9.17) is 4.74 Å². The molecule has 1 saturated heterocycles. The number of ether oxygens (including phenoxy) is 1. The summed E-state index contributed by atoms with van der Waals surface area (Å²) in [7, 11) is 0. The summed E-state index contributed by atoms with van der Waals surface area (Å²) in [4.78, 5) is 29.9. The molecule has 1 aromatic heterocycles. The Kier molecular flexibility index (Phi) is 4.27. The molecule has 1 aromatic rings. The van der Waals surface area contributed by atoms with Gasteiger partial charge in [-0.3, -0.25) is 9.69 Å². The van der Waals surface area contributed by atoms with Crippen LogP contribution in [0.1, 0.15) is 39.3 Å². The smallest absolute Gasteiger partial charge is 0.328 e. The van der Waals surface area contributed by atoms with Crippen molar-refractivity contribution < 1.29 is 14.3 Å². The van der Waals surface area contributed by atoms with Crippen molar-refractivity contribution in [3.8, 4) is 0 Å². The van der Waals surface area contributed by atoms with E-state index in [9.17, 15) is 9.59 Å². The summed E-state index contributed by atoms with van der Waals surface area (Å²) < 4.78 is 5.51. The number of anilines is 1. The van der Waals surface area contributed by atoms with Gasteiger partial charge >= 0.3 is 5.97 Å². The van der Waals surface area contributed by atoms with Crippen molar-refractivity contribution in [3.05, 3.63) is 23.9 Å². The number of hydrogen-bond acceptors (Lipinski definition) is 5. The average molecular weight is 291 g/mol. The van der Waals surface area contributed by atoms with E-state index in [2.05, 4.69) is 10.3 Å². The maximum absolute atomic E-state index is 12.4. The quantitative estimate of drug-likeness (QED) is 0.859. The molecule has 1 aliphatic heterocycles. The minimum Gasteiger partial charge on any atom is -0.457 e. The van der Waals surface area contributed by atoms with Crippen LogP contribution in [0.4, 0.5) is 5.82 Å². The standard InChI is InChI=1S/C15H21N3O3/c1-5-18-9-15(3,4)21-14(20)12(18)11-7-6-8-16-13(11)17-10(2)19/h6-8,12H,5,9H2,1-4H3,(H,16,17,19). The van der Waals surface area contributed by atoms with E-state index < -0.39 is 11.6 Å². The van der Waals surface area contributed by atoms with Gasteiger partial charge in [0.05, 0.1) is 0 Å². The second-order valence-corrected chi connectivity index (χ2v) is 5.77. The summed E-state index contributed by atoms with van der Waals surface area (Å²) >= 11 is 0. The number of hydrogen-bond donors (Lipinski definition) is 1. The Morgan fingerprint density at radius 3 is 2.90 bits per heavy atom. The third-order valence-electron chi connectivity index (χ3n) is 3.38. The summed E-state index contributed by atoms with van der Waals surface area (Å²) in [5.74, 6) is -0.125. The minimum atomic E-state index is -0.543. The third kappa shape index (κ3) is 3.39. The molecule has 6 nitrogen and oxygen atoms in total. The maximum atomic E-state index is 12.4. The first-order chi connectivity index (χ1) is 9.84. The van der Waals surface area contributed by atoms with Crippen LogP contribution in [0, 0.1) is 0 Å². The number of likely N-dealkylation sites (N-methyl/N-ethyl adjacent to an activating group) is 1. The largest absolute Gasteiger partial charge is 0.457 e. The highest BCUT2D eigenvalue weighted by Crippen LogP contribution is 2.34. The highest BCUT2D eigenvalue weighted by molar-refractivity contribution is 5.90. The van der Waals surface area contributed by atoms with E-state index >= 15 is 0 Å². The molecular weight excluding hydrogens is 270 g/mol. The molecule has 0 spiro atoms. The Morgan fingerprint density at radius 1 is 1.57 bits per heavy atom. The molecule has 1 atom stereocenters. The molecule has 1 amide bonds. The van der Waals surface area contributed by atoms with Crippen LogP contribution in [0.15, 0.2) is 18.3 Å². The fourth-order valence-corrected chi connectivity index (χ4v) is 2.62. The van der Waals surface area contributed by atoms with Gasteiger partial charge in [0.25, 0.3) is 0 Å². The zero-order valence-corrected chi connectivity index (χ0v) is 12.8. The SMILES string of the molecule is CCN1CC(C)(C)OC(=O)C1c1cccnc1NC(C)=O. The Morgan fingerprint density at radius 2 is 2.29 bits per heavy atom. The lowest BCUT2D eigenvalue weighted by Gasteiger charge is -2.42. The van der Waals surface area contributed by atoms with Crippen molar-refractivity contribution in [1.82, 2.24) is 9.88 Å². The molecule has 0 aliphatic carbocycles. The van der Waals surface area contributed by atoms with E-state index in [1.165, 1.54) is 6.92 Å².